The zero-order chi connectivity index (χ0) is 11.0. The molecule has 2 nitrogen and oxygen atoms in total. The summed E-state index contributed by atoms with van der Waals surface area (Å²) in [5.41, 5.74) is 0. The SMILES string of the molecule is CCC1(CCCCCCCBr)OCCO1. The smallest absolute Gasteiger partial charge is 0.168 e. The minimum Gasteiger partial charge on any atom is -0.348 e. The number of unbranched alkanes of at least 4 members (excludes halogenated alkanes) is 4. The highest BCUT2D eigenvalue weighted by Gasteiger charge is 2.33. The van der Waals surface area contributed by atoms with Crippen LogP contribution in [0.4, 0.5) is 0 Å². The van der Waals surface area contributed by atoms with Crippen LogP contribution in [0.3, 0.4) is 0 Å². The monoisotopic (exact) mass is 278 g/mol. The van der Waals surface area contributed by atoms with E-state index in [-0.39, 0.29) is 5.79 Å². The van der Waals surface area contributed by atoms with Crippen LogP contribution in [-0.4, -0.2) is 24.3 Å². The number of rotatable bonds is 8. The maximum Gasteiger partial charge on any atom is 0.168 e. The molecule has 0 radical (unpaired) electrons. The third-order valence-corrected chi connectivity index (χ3v) is 3.60. The molecule has 0 aromatic rings. The molecule has 1 aliphatic rings. The molecule has 1 saturated heterocycles. The summed E-state index contributed by atoms with van der Waals surface area (Å²) >= 11 is 3.45. The molecule has 90 valence electrons. The minimum absolute atomic E-state index is 0.227. The minimum atomic E-state index is -0.227. The summed E-state index contributed by atoms with van der Waals surface area (Å²) in [6.07, 6.45) is 8.56. The Hall–Kier alpha value is 0.400. The van der Waals surface area contributed by atoms with Crippen molar-refractivity contribution in [1.82, 2.24) is 0 Å². The van der Waals surface area contributed by atoms with Crippen molar-refractivity contribution in [3.8, 4) is 0 Å². The highest BCUT2D eigenvalue weighted by atomic mass is 79.9. The Morgan fingerprint density at radius 1 is 1.00 bits per heavy atom. The van der Waals surface area contributed by atoms with E-state index in [1.165, 1.54) is 32.1 Å². The van der Waals surface area contributed by atoms with E-state index in [0.29, 0.717) is 0 Å². The van der Waals surface area contributed by atoms with Gasteiger partial charge in [0.05, 0.1) is 13.2 Å². The lowest BCUT2D eigenvalue weighted by Gasteiger charge is -2.25. The van der Waals surface area contributed by atoms with E-state index >= 15 is 0 Å². The van der Waals surface area contributed by atoms with Crippen LogP contribution < -0.4 is 0 Å². The largest absolute Gasteiger partial charge is 0.348 e. The summed E-state index contributed by atoms with van der Waals surface area (Å²) in [7, 11) is 0. The van der Waals surface area contributed by atoms with E-state index in [0.717, 1.165) is 31.4 Å². The molecule has 0 bridgehead atoms. The maximum atomic E-state index is 5.69. The van der Waals surface area contributed by atoms with Gasteiger partial charge in [-0.25, -0.2) is 0 Å². The van der Waals surface area contributed by atoms with Crippen molar-refractivity contribution in [3.63, 3.8) is 0 Å². The lowest BCUT2D eigenvalue weighted by atomic mass is 10.0. The first-order valence-corrected chi connectivity index (χ1v) is 7.29. The second kappa shape index (κ2) is 7.64. The van der Waals surface area contributed by atoms with Gasteiger partial charge in [-0.05, 0) is 19.3 Å². The fourth-order valence-electron chi connectivity index (χ4n) is 2.04. The molecule has 1 fully saturated rings. The van der Waals surface area contributed by atoms with E-state index < -0.39 is 0 Å². The standard InChI is InChI=1S/C12H23BrO2/c1-2-12(14-10-11-15-12)8-6-4-3-5-7-9-13/h2-11H2,1H3. The predicted octanol–water partition coefficient (Wildman–Crippen LogP) is 3.88. The normalized spacial score (nSPS) is 19.6. The lowest BCUT2D eigenvalue weighted by Crippen LogP contribution is -2.28. The van der Waals surface area contributed by atoms with Gasteiger partial charge in [-0.2, -0.15) is 0 Å². The summed E-state index contributed by atoms with van der Waals surface area (Å²) in [6.45, 7) is 3.70. The van der Waals surface area contributed by atoms with Crippen LogP contribution in [0.2, 0.25) is 0 Å². The summed E-state index contributed by atoms with van der Waals surface area (Å²) in [5.74, 6) is -0.227. The third-order valence-electron chi connectivity index (χ3n) is 3.04. The zero-order valence-electron chi connectivity index (χ0n) is 9.77. The molecule has 15 heavy (non-hydrogen) atoms. The summed E-state index contributed by atoms with van der Waals surface area (Å²) in [6, 6.07) is 0. The van der Waals surface area contributed by atoms with E-state index in [1.54, 1.807) is 0 Å². The van der Waals surface area contributed by atoms with Crippen LogP contribution in [0.25, 0.3) is 0 Å². The molecule has 0 aromatic heterocycles. The molecular weight excluding hydrogens is 256 g/mol. The Labute approximate surface area is 102 Å². The van der Waals surface area contributed by atoms with Gasteiger partial charge in [0, 0.05) is 11.8 Å². The van der Waals surface area contributed by atoms with Crippen LogP contribution in [0.1, 0.15) is 51.9 Å². The van der Waals surface area contributed by atoms with Crippen molar-refractivity contribution < 1.29 is 9.47 Å². The number of ether oxygens (including phenoxy) is 2. The first kappa shape index (κ1) is 13.5. The van der Waals surface area contributed by atoms with E-state index in [9.17, 15) is 0 Å². The molecule has 0 aromatic carbocycles. The Morgan fingerprint density at radius 3 is 2.20 bits per heavy atom. The summed E-state index contributed by atoms with van der Waals surface area (Å²) < 4.78 is 11.4. The quantitative estimate of drug-likeness (QED) is 0.496. The van der Waals surface area contributed by atoms with Crippen molar-refractivity contribution in [2.45, 2.75) is 57.7 Å². The third kappa shape index (κ3) is 4.83. The number of hydrogen-bond donors (Lipinski definition) is 0. The van der Waals surface area contributed by atoms with Gasteiger partial charge < -0.3 is 9.47 Å². The molecule has 0 unspecified atom stereocenters. The summed E-state index contributed by atoms with van der Waals surface area (Å²) in [4.78, 5) is 0. The molecule has 0 spiro atoms. The number of hydrogen-bond acceptors (Lipinski definition) is 2. The predicted molar refractivity (Wildman–Crippen MR) is 66.4 cm³/mol. The zero-order valence-corrected chi connectivity index (χ0v) is 11.4. The molecule has 1 heterocycles. The van der Waals surface area contributed by atoms with Gasteiger partial charge in [-0.3, -0.25) is 0 Å². The van der Waals surface area contributed by atoms with Crippen molar-refractivity contribution >= 4 is 15.9 Å². The second-order valence-corrected chi connectivity index (χ2v) is 4.96. The molecule has 0 N–H and O–H groups in total. The Balaban J connectivity index is 2.02. The molecule has 0 amide bonds. The van der Waals surface area contributed by atoms with Gasteiger partial charge in [-0.15, -0.1) is 0 Å². The van der Waals surface area contributed by atoms with Gasteiger partial charge in [0.25, 0.3) is 0 Å². The van der Waals surface area contributed by atoms with Gasteiger partial charge in [0.1, 0.15) is 0 Å². The second-order valence-electron chi connectivity index (χ2n) is 4.17. The molecule has 0 aliphatic carbocycles. The molecule has 3 heteroatoms. The maximum absolute atomic E-state index is 5.69. The van der Waals surface area contributed by atoms with Crippen molar-refractivity contribution in [3.05, 3.63) is 0 Å². The van der Waals surface area contributed by atoms with Crippen molar-refractivity contribution in [1.29, 1.82) is 0 Å². The highest BCUT2D eigenvalue weighted by Crippen LogP contribution is 2.29. The van der Waals surface area contributed by atoms with Gasteiger partial charge in [-0.1, -0.05) is 42.1 Å². The Kier molecular flexibility index (Phi) is 6.86. The van der Waals surface area contributed by atoms with Crippen LogP contribution >= 0.6 is 15.9 Å². The highest BCUT2D eigenvalue weighted by molar-refractivity contribution is 9.09. The summed E-state index contributed by atoms with van der Waals surface area (Å²) in [5, 5.41) is 1.14. The van der Waals surface area contributed by atoms with Crippen LogP contribution in [0.5, 0.6) is 0 Å². The fraction of sp³-hybridized carbons (Fsp3) is 1.00. The van der Waals surface area contributed by atoms with Gasteiger partial charge >= 0.3 is 0 Å². The lowest BCUT2D eigenvalue weighted by molar-refractivity contribution is -0.164. The molecule has 1 rings (SSSR count). The average Bonchev–Trinajstić information content (AvgIpc) is 2.73. The molecule has 0 saturated carbocycles. The Morgan fingerprint density at radius 2 is 1.60 bits per heavy atom. The van der Waals surface area contributed by atoms with Crippen LogP contribution in [0.15, 0.2) is 0 Å². The topological polar surface area (TPSA) is 18.5 Å². The van der Waals surface area contributed by atoms with Crippen molar-refractivity contribution in [2.75, 3.05) is 18.5 Å². The fourth-order valence-corrected chi connectivity index (χ4v) is 2.44. The first-order chi connectivity index (χ1) is 7.33. The van der Waals surface area contributed by atoms with Crippen LogP contribution in [0, 0.1) is 0 Å². The number of alkyl halides is 1. The van der Waals surface area contributed by atoms with Gasteiger partial charge in [0.15, 0.2) is 5.79 Å². The van der Waals surface area contributed by atoms with E-state index in [4.69, 9.17) is 9.47 Å². The first-order valence-electron chi connectivity index (χ1n) is 6.17. The average molecular weight is 279 g/mol. The molecule has 0 atom stereocenters. The number of halogens is 1. The van der Waals surface area contributed by atoms with Crippen LogP contribution in [-0.2, 0) is 9.47 Å². The van der Waals surface area contributed by atoms with Crippen molar-refractivity contribution in [2.24, 2.45) is 0 Å². The van der Waals surface area contributed by atoms with Gasteiger partial charge in [0.2, 0.25) is 0 Å². The van der Waals surface area contributed by atoms with E-state index in [2.05, 4.69) is 22.9 Å². The Bertz CT molecular complexity index is 156. The van der Waals surface area contributed by atoms with E-state index in [1.807, 2.05) is 0 Å². The molecular formula is C12H23BrO2. The molecule has 1 aliphatic heterocycles.